The lowest BCUT2D eigenvalue weighted by molar-refractivity contribution is -0.116. The lowest BCUT2D eigenvalue weighted by Crippen LogP contribution is -2.27. The van der Waals surface area contributed by atoms with E-state index in [1.54, 1.807) is 12.1 Å². The Kier molecular flexibility index (Phi) is 5.58. The Morgan fingerprint density at radius 3 is 2.88 bits per heavy atom. The third-order valence-corrected chi connectivity index (χ3v) is 3.00. The summed E-state index contributed by atoms with van der Waals surface area (Å²) in [5.74, 6) is -0.728. The van der Waals surface area contributed by atoms with E-state index < -0.39 is 5.82 Å². The first-order chi connectivity index (χ1) is 8.04. The van der Waals surface area contributed by atoms with Crippen LogP contribution in [0.15, 0.2) is 22.7 Å². The van der Waals surface area contributed by atoms with Crippen LogP contribution in [0.3, 0.4) is 0 Å². The average molecular weight is 303 g/mol. The Labute approximate surface area is 109 Å². The number of amides is 1. The van der Waals surface area contributed by atoms with Crippen LogP contribution in [-0.2, 0) is 4.79 Å². The van der Waals surface area contributed by atoms with E-state index in [9.17, 15) is 9.18 Å². The molecule has 0 radical (unpaired) electrons. The number of halogens is 2. The number of anilines is 1. The van der Waals surface area contributed by atoms with Crippen LogP contribution in [0.5, 0.6) is 0 Å². The number of benzene rings is 1. The third-order valence-electron chi connectivity index (χ3n) is 2.33. The van der Waals surface area contributed by atoms with Gasteiger partial charge in [0.25, 0.3) is 0 Å². The van der Waals surface area contributed by atoms with E-state index in [1.807, 2.05) is 6.92 Å². The molecule has 0 spiro atoms. The molecule has 0 aliphatic heterocycles. The van der Waals surface area contributed by atoms with Crippen molar-refractivity contribution in [2.75, 3.05) is 5.32 Å². The van der Waals surface area contributed by atoms with Gasteiger partial charge in [0.2, 0.25) is 5.91 Å². The molecular formula is C12H16BrFN2O. The predicted octanol–water partition coefficient (Wildman–Crippen LogP) is 3.04. The normalized spacial score (nSPS) is 12.2. The summed E-state index contributed by atoms with van der Waals surface area (Å²) in [6.07, 6.45) is 1.91. The second-order valence-corrected chi connectivity index (χ2v) is 4.75. The van der Waals surface area contributed by atoms with Crippen molar-refractivity contribution in [1.82, 2.24) is 0 Å². The number of hydrogen-bond acceptors (Lipinski definition) is 2. The van der Waals surface area contributed by atoms with Gasteiger partial charge in [0.05, 0.1) is 5.69 Å². The molecule has 1 unspecified atom stereocenters. The second-order valence-electron chi connectivity index (χ2n) is 3.90. The summed E-state index contributed by atoms with van der Waals surface area (Å²) < 4.78 is 13.9. The zero-order valence-electron chi connectivity index (χ0n) is 9.67. The fourth-order valence-electron chi connectivity index (χ4n) is 1.52. The van der Waals surface area contributed by atoms with Crippen LogP contribution >= 0.6 is 15.9 Å². The summed E-state index contributed by atoms with van der Waals surface area (Å²) in [5, 5.41) is 2.53. The molecule has 0 saturated heterocycles. The van der Waals surface area contributed by atoms with Gasteiger partial charge in [-0.25, -0.2) is 4.39 Å². The number of nitrogens with one attached hydrogen (secondary N) is 1. The summed E-state index contributed by atoms with van der Waals surface area (Å²) in [5.41, 5.74) is 5.92. The summed E-state index contributed by atoms with van der Waals surface area (Å²) in [4.78, 5) is 11.6. The van der Waals surface area contributed by atoms with Crippen LogP contribution in [0, 0.1) is 5.82 Å². The molecular weight excluding hydrogens is 287 g/mol. The topological polar surface area (TPSA) is 55.1 Å². The van der Waals surface area contributed by atoms with Crippen LogP contribution in [0.1, 0.15) is 26.2 Å². The summed E-state index contributed by atoms with van der Waals surface area (Å²) in [6, 6.07) is 4.36. The van der Waals surface area contributed by atoms with Gasteiger partial charge in [-0.2, -0.15) is 0 Å². The lowest BCUT2D eigenvalue weighted by Gasteiger charge is -2.12. The Morgan fingerprint density at radius 2 is 2.29 bits per heavy atom. The van der Waals surface area contributed by atoms with E-state index in [-0.39, 0.29) is 24.1 Å². The van der Waals surface area contributed by atoms with Gasteiger partial charge < -0.3 is 11.1 Å². The monoisotopic (exact) mass is 302 g/mol. The van der Waals surface area contributed by atoms with Gasteiger partial charge in [-0.1, -0.05) is 19.4 Å². The molecule has 0 heterocycles. The zero-order chi connectivity index (χ0) is 12.8. The molecule has 1 rings (SSSR count). The summed E-state index contributed by atoms with van der Waals surface area (Å²) in [7, 11) is 0. The van der Waals surface area contributed by atoms with Crippen LogP contribution in [0.25, 0.3) is 0 Å². The molecule has 0 aliphatic carbocycles. The van der Waals surface area contributed by atoms with Crippen molar-refractivity contribution in [2.45, 2.75) is 32.2 Å². The Morgan fingerprint density at radius 1 is 1.59 bits per heavy atom. The number of nitrogens with two attached hydrogens (primary N) is 1. The van der Waals surface area contributed by atoms with Crippen molar-refractivity contribution < 1.29 is 9.18 Å². The highest BCUT2D eigenvalue weighted by atomic mass is 79.9. The van der Waals surface area contributed by atoms with Gasteiger partial charge in [-0.05, 0) is 34.5 Å². The SMILES string of the molecule is CCCC(N)CC(=O)Nc1c(F)cccc1Br. The van der Waals surface area contributed by atoms with E-state index in [4.69, 9.17) is 5.73 Å². The minimum atomic E-state index is -0.461. The first-order valence-electron chi connectivity index (χ1n) is 5.54. The second kappa shape index (κ2) is 6.71. The van der Waals surface area contributed by atoms with Crippen molar-refractivity contribution in [1.29, 1.82) is 0 Å². The van der Waals surface area contributed by atoms with Crippen molar-refractivity contribution in [3.63, 3.8) is 0 Å². The Bertz CT molecular complexity index is 378. The molecule has 0 saturated carbocycles. The van der Waals surface area contributed by atoms with E-state index >= 15 is 0 Å². The van der Waals surface area contributed by atoms with Gasteiger partial charge in [0.15, 0.2) is 0 Å². The average Bonchev–Trinajstić information content (AvgIpc) is 2.24. The zero-order valence-corrected chi connectivity index (χ0v) is 11.3. The van der Waals surface area contributed by atoms with Gasteiger partial charge >= 0.3 is 0 Å². The maximum absolute atomic E-state index is 13.4. The summed E-state index contributed by atoms with van der Waals surface area (Å²) >= 11 is 3.19. The van der Waals surface area contributed by atoms with E-state index in [0.717, 1.165) is 12.8 Å². The number of carbonyl (C=O) groups excluding carboxylic acids is 1. The molecule has 0 aromatic heterocycles. The molecule has 1 atom stereocenters. The van der Waals surface area contributed by atoms with Crippen LogP contribution in [0.2, 0.25) is 0 Å². The molecule has 1 aromatic rings. The van der Waals surface area contributed by atoms with Crippen molar-refractivity contribution in [2.24, 2.45) is 5.73 Å². The third kappa shape index (κ3) is 4.44. The Hall–Kier alpha value is -0.940. The van der Waals surface area contributed by atoms with Crippen molar-refractivity contribution in [3.8, 4) is 0 Å². The molecule has 0 bridgehead atoms. The number of para-hydroxylation sites is 1. The predicted molar refractivity (Wildman–Crippen MR) is 70.2 cm³/mol. The molecule has 0 aliphatic rings. The largest absolute Gasteiger partial charge is 0.327 e. The fraction of sp³-hybridized carbons (Fsp3) is 0.417. The van der Waals surface area contributed by atoms with E-state index in [0.29, 0.717) is 4.47 Å². The van der Waals surface area contributed by atoms with Crippen molar-refractivity contribution >= 4 is 27.5 Å². The molecule has 3 nitrogen and oxygen atoms in total. The number of hydrogen-bond donors (Lipinski definition) is 2. The maximum Gasteiger partial charge on any atom is 0.226 e. The molecule has 17 heavy (non-hydrogen) atoms. The van der Waals surface area contributed by atoms with Crippen LogP contribution < -0.4 is 11.1 Å². The molecule has 5 heteroatoms. The minimum Gasteiger partial charge on any atom is -0.327 e. The number of rotatable bonds is 5. The first-order valence-corrected chi connectivity index (χ1v) is 6.33. The smallest absolute Gasteiger partial charge is 0.226 e. The molecule has 94 valence electrons. The highest BCUT2D eigenvalue weighted by Crippen LogP contribution is 2.25. The first kappa shape index (κ1) is 14.1. The standard InChI is InChI=1S/C12H16BrFN2O/c1-2-4-8(15)7-11(17)16-12-9(13)5-3-6-10(12)14/h3,5-6,8H,2,4,7,15H2,1H3,(H,16,17). The van der Waals surface area contributed by atoms with Crippen molar-refractivity contribution in [3.05, 3.63) is 28.5 Å². The molecule has 1 amide bonds. The highest BCUT2D eigenvalue weighted by molar-refractivity contribution is 9.10. The van der Waals surface area contributed by atoms with Crippen LogP contribution in [0.4, 0.5) is 10.1 Å². The van der Waals surface area contributed by atoms with E-state index in [2.05, 4.69) is 21.2 Å². The Balaban J connectivity index is 2.62. The lowest BCUT2D eigenvalue weighted by atomic mass is 10.1. The van der Waals surface area contributed by atoms with E-state index in [1.165, 1.54) is 6.07 Å². The summed E-state index contributed by atoms with van der Waals surface area (Å²) in [6.45, 7) is 2.01. The maximum atomic E-state index is 13.4. The highest BCUT2D eigenvalue weighted by Gasteiger charge is 2.13. The fourth-order valence-corrected chi connectivity index (χ4v) is 1.96. The van der Waals surface area contributed by atoms with Gasteiger partial charge in [0, 0.05) is 16.9 Å². The van der Waals surface area contributed by atoms with Gasteiger partial charge in [0.1, 0.15) is 5.82 Å². The quantitative estimate of drug-likeness (QED) is 0.878. The molecule has 1 aromatic carbocycles. The molecule has 3 N–H and O–H groups in total. The van der Waals surface area contributed by atoms with Gasteiger partial charge in [-0.15, -0.1) is 0 Å². The van der Waals surface area contributed by atoms with Gasteiger partial charge in [-0.3, -0.25) is 4.79 Å². The minimum absolute atomic E-state index is 0.168. The van der Waals surface area contributed by atoms with Crippen LogP contribution in [-0.4, -0.2) is 11.9 Å². The number of carbonyl (C=O) groups is 1. The molecule has 0 fully saturated rings.